The fraction of sp³-hybridized carbons (Fsp3) is 0.333. The van der Waals surface area contributed by atoms with Crippen LogP contribution in [0.1, 0.15) is 29.2 Å². The van der Waals surface area contributed by atoms with Crippen LogP contribution in [0.25, 0.3) is 0 Å². The maximum atomic E-state index is 9.88. The normalized spacial score (nSPS) is 17.0. The van der Waals surface area contributed by atoms with Crippen LogP contribution in [0, 0.1) is 0 Å². The molecule has 3 heteroatoms. The molecule has 2 aromatic carbocycles. The predicted octanol–water partition coefficient (Wildman–Crippen LogP) is 3.52. The second-order valence-corrected chi connectivity index (χ2v) is 5.67. The minimum atomic E-state index is 0.204. The molecule has 1 atom stereocenters. The molecular formula is C18H21NO2. The zero-order chi connectivity index (χ0) is 14.8. The number of hydrogen-bond acceptors (Lipinski definition) is 3. The van der Waals surface area contributed by atoms with Crippen molar-refractivity contribution < 1.29 is 9.84 Å². The van der Waals surface area contributed by atoms with Crippen molar-refractivity contribution in [2.24, 2.45) is 0 Å². The Bertz CT molecular complexity index is 639. The highest BCUT2D eigenvalue weighted by molar-refractivity contribution is 5.42. The molecular weight excluding hydrogens is 262 g/mol. The Balaban J connectivity index is 1.75. The molecule has 3 rings (SSSR count). The first kappa shape index (κ1) is 14.0. The van der Waals surface area contributed by atoms with Crippen LogP contribution in [-0.4, -0.2) is 24.2 Å². The Morgan fingerprint density at radius 3 is 2.81 bits per heavy atom. The van der Waals surface area contributed by atoms with Crippen LogP contribution in [0.15, 0.2) is 42.5 Å². The largest absolute Gasteiger partial charge is 0.504 e. The van der Waals surface area contributed by atoms with Crippen molar-refractivity contribution in [1.82, 2.24) is 4.90 Å². The summed E-state index contributed by atoms with van der Waals surface area (Å²) < 4.78 is 5.09. The molecule has 0 radical (unpaired) electrons. The number of phenols is 1. The Hall–Kier alpha value is -2.00. The standard InChI is InChI=1S/C18H21NO2/c1-19(12-13-7-10-18(21-2)17(20)11-13)16-9-8-14-5-3-4-6-15(14)16/h3-7,10-11,16,20H,8-9,12H2,1-2H3. The van der Waals surface area contributed by atoms with E-state index in [-0.39, 0.29) is 5.75 Å². The summed E-state index contributed by atoms with van der Waals surface area (Å²) in [5, 5.41) is 9.88. The second-order valence-electron chi connectivity index (χ2n) is 5.67. The molecule has 0 aromatic heterocycles. The van der Waals surface area contributed by atoms with Gasteiger partial charge in [-0.3, -0.25) is 4.90 Å². The van der Waals surface area contributed by atoms with E-state index in [1.54, 1.807) is 13.2 Å². The van der Waals surface area contributed by atoms with Gasteiger partial charge in [0.1, 0.15) is 0 Å². The summed E-state index contributed by atoms with van der Waals surface area (Å²) >= 11 is 0. The van der Waals surface area contributed by atoms with E-state index in [0.29, 0.717) is 11.8 Å². The minimum absolute atomic E-state index is 0.204. The highest BCUT2D eigenvalue weighted by atomic mass is 16.5. The summed E-state index contributed by atoms with van der Waals surface area (Å²) in [4.78, 5) is 2.35. The molecule has 0 aliphatic heterocycles. The van der Waals surface area contributed by atoms with E-state index in [4.69, 9.17) is 4.74 Å². The van der Waals surface area contributed by atoms with Crippen LogP contribution in [-0.2, 0) is 13.0 Å². The van der Waals surface area contributed by atoms with Gasteiger partial charge in [-0.2, -0.15) is 0 Å². The lowest BCUT2D eigenvalue weighted by Gasteiger charge is -2.25. The molecule has 1 aliphatic rings. The number of hydrogen-bond donors (Lipinski definition) is 1. The molecule has 0 amide bonds. The Labute approximate surface area is 125 Å². The summed E-state index contributed by atoms with van der Waals surface area (Å²) in [6, 6.07) is 14.8. The Morgan fingerprint density at radius 2 is 2.05 bits per heavy atom. The third-order valence-corrected chi connectivity index (χ3v) is 4.31. The van der Waals surface area contributed by atoms with Gasteiger partial charge in [0, 0.05) is 12.6 Å². The number of methoxy groups -OCH3 is 1. The topological polar surface area (TPSA) is 32.7 Å². The predicted molar refractivity (Wildman–Crippen MR) is 83.6 cm³/mol. The van der Waals surface area contributed by atoms with E-state index in [9.17, 15) is 5.11 Å². The van der Waals surface area contributed by atoms with Crippen LogP contribution >= 0.6 is 0 Å². The molecule has 21 heavy (non-hydrogen) atoms. The van der Waals surface area contributed by atoms with Gasteiger partial charge in [-0.1, -0.05) is 30.3 Å². The van der Waals surface area contributed by atoms with Crippen molar-refractivity contribution >= 4 is 0 Å². The summed E-state index contributed by atoms with van der Waals surface area (Å²) in [5.41, 5.74) is 4.00. The average molecular weight is 283 g/mol. The number of benzene rings is 2. The number of nitrogens with zero attached hydrogens (tertiary/aromatic N) is 1. The molecule has 1 aliphatic carbocycles. The third-order valence-electron chi connectivity index (χ3n) is 4.31. The summed E-state index contributed by atoms with van der Waals surface area (Å²) in [7, 11) is 3.71. The summed E-state index contributed by atoms with van der Waals surface area (Å²) in [6.07, 6.45) is 2.32. The lowest BCUT2D eigenvalue weighted by Crippen LogP contribution is -2.22. The minimum Gasteiger partial charge on any atom is -0.504 e. The summed E-state index contributed by atoms with van der Waals surface area (Å²) in [6.45, 7) is 0.816. The number of ether oxygens (including phenoxy) is 1. The molecule has 0 bridgehead atoms. The van der Waals surface area contributed by atoms with Crippen molar-refractivity contribution in [3.05, 3.63) is 59.2 Å². The number of rotatable bonds is 4. The molecule has 0 saturated carbocycles. The molecule has 0 spiro atoms. The SMILES string of the molecule is COc1ccc(CN(C)C2CCc3ccccc32)cc1O. The fourth-order valence-corrected chi connectivity index (χ4v) is 3.22. The van der Waals surface area contributed by atoms with Gasteiger partial charge < -0.3 is 9.84 Å². The highest BCUT2D eigenvalue weighted by Gasteiger charge is 2.25. The van der Waals surface area contributed by atoms with Gasteiger partial charge in [0.25, 0.3) is 0 Å². The molecule has 1 N–H and O–H groups in total. The molecule has 1 unspecified atom stereocenters. The van der Waals surface area contributed by atoms with Gasteiger partial charge in [0.2, 0.25) is 0 Å². The van der Waals surface area contributed by atoms with Crippen molar-refractivity contribution in [1.29, 1.82) is 0 Å². The zero-order valence-corrected chi connectivity index (χ0v) is 12.5. The van der Waals surface area contributed by atoms with E-state index in [1.807, 2.05) is 12.1 Å². The Kier molecular flexibility index (Phi) is 3.84. The van der Waals surface area contributed by atoms with Gasteiger partial charge in [0.05, 0.1) is 7.11 Å². The van der Waals surface area contributed by atoms with E-state index in [0.717, 1.165) is 24.9 Å². The number of phenolic OH excluding ortho intramolecular Hbond substituents is 1. The van der Waals surface area contributed by atoms with E-state index >= 15 is 0 Å². The molecule has 110 valence electrons. The lowest BCUT2D eigenvalue weighted by atomic mass is 10.1. The van der Waals surface area contributed by atoms with E-state index in [1.165, 1.54) is 11.1 Å². The smallest absolute Gasteiger partial charge is 0.160 e. The average Bonchev–Trinajstić information content (AvgIpc) is 2.91. The quantitative estimate of drug-likeness (QED) is 0.932. The number of aromatic hydroxyl groups is 1. The van der Waals surface area contributed by atoms with Gasteiger partial charge >= 0.3 is 0 Å². The first-order valence-electron chi connectivity index (χ1n) is 7.33. The van der Waals surface area contributed by atoms with Gasteiger partial charge in [-0.05, 0) is 48.7 Å². The second kappa shape index (κ2) is 5.78. The van der Waals surface area contributed by atoms with Crippen molar-refractivity contribution in [2.45, 2.75) is 25.4 Å². The van der Waals surface area contributed by atoms with E-state index < -0.39 is 0 Å². The van der Waals surface area contributed by atoms with Crippen LogP contribution in [0.5, 0.6) is 11.5 Å². The van der Waals surface area contributed by atoms with E-state index in [2.05, 4.69) is 36.2 Å². The van der Waals surface area contributed by atoms with Crippen LogP contribution < -0.4 is 4.74 Å². The molecule has 0 saturated heterocycles. The fourth-order valence-electron chi connectivity index (χ4n) is 3.22. The maximum absolute atomic E-state index is 9.88. The third kappa shape index (κ3) is 2.74. The monoisotopic (exact) mass is 283 g/mol. The first-order chi connectivity index (χ1) is 10.2. The van der Waals surface area contributed by atoms with Crippen LogP contribution in [0.4, 0.5) is 0 Å². The highest BCUT2D eigenvalue weighted by Crippen LogP contribution is 2.36. The van der Waals surface area contributed by atoms with Gasteiger partial charge in [-0.15, -0.1) is 0 Å². The van der Waals surface area contributed by atoms with Gasteiger partial charge in [0.15, 0.2) is 11.5 Å². The molecule has 3 nitrogen and oxygen atoms in total. The van der Waals surface area contributed by atoms with Crippen molar-refractivity contribution in [3.63, 3.8) is 0 Å². The van der Waals surface area contributed by atoms with Crippen molar-refractivity contribution in [3.8, 4) is 11.5 Å². The number of aryl methyl sites for hydroxylation is 1. The lowest BCUT2D eigenvalue weighted by molar-refractivity contribution is 0.235. The maximum Gasteiger partial charge on any atom is 0.160 e. The van der Waals surface area contributed by atoms with Crippen LogP contribution in [0.2, 0.25) is 0 Å². The number of fused-ring (bicyclic) bond motifs is 1. The van der Waals surface area contributed by atoms with Gasteiger partial charge in [-0.25, -0.2) is 0 Å². The van der Waals surface area contributed by atoms with Crippen LogP contribution in [0.3, 0.4) is 0 Å². The molecule has 0 fully saturated rings. The Morgan fingerprint density at radius 1 is 1.24 bits per heavy atom. The van der Waals surface area contributed by atoms with Crippen molar-refractivity contribution in [2.75, 3.05) is 14.2 Å². The summed E-state index contributed by atoms with van der Waals surface area (Å²) in [5.74, 6) is 0.725. The molecule has 2 aromatic rings. The molecule has 0 heterocycles. The first-order valence-corrected chi connectivity index (χ1v) is 7.33. The zero-order valence-electron chi connectivity index (χ0n) is 12.5.